The summed E-state index contributed by atoms with van der Waals surface area (Å²) in [6, 6.07) is 12.3. The first-order chi connectivity index (χ1) is 16.5. The monoisotopic (exact) mass is 484 g/mol. The molecule has 3 nitrogen and oxygen atoms in total. The summed E-state index contributed by atoms with van der Waals surface area (Å²) in [6.45, 7) is 3.98. The first-order valence-electron chi connectivity index (χ1n) is 11.7. The molecule has 0 spiro atoms. The predicted molar refractivity (Wildman–Crippen MR) is 128 cm³/mol. The molecule has 5 rings (SSSR count). The first-order valence-corrected chi connectivity index (χ1v) is 12.7. The van der Waals surface area contributed by atoms with Gasteiger partial charge in [0.25, 0.3) is 5.91 Å². The second kappa shape index (κ2) is 9.92. The number of halogens is 3. The molecule has 3 aromatic rings. The van der Waals surface area contributed by atoms with Gasteiger partial charge in [0.2, 0.25) is 0 Å². The highest BCUT2D eigenvalue weighted by molar-refractivity contribution is 7.08. The molecule has 0 radical (unpaired) electrons. The Hall–Kier alpha value is -2.64. The normalized spacial score (nSPS) is 21.8. The molecule has 1 amide bonds. The number of carbonyl (C=O) groups is 1. The van der Waals surface area contributed by atoms with E-state index >= 15 is 0 Å². The van der Waals surface area contributed by atoms with Crippen LogP contribution in [0.3, 0.4) is 0 Å². The van der Waals surface area contributed by atoms with Gasteiger partial charge in [0, 0.05) is 31.1 Å². The van der Waals surface area contributed by atoms with Gasteiger partial charge in [-0.05, 0) is 96.1 Å². The van der Waals surface area contributed by atoms with Gasteiger partial charge in [0.15, 0.2) is 11.6 Å². The van der Waals surface area contributed by atoms with Crippen molar-refractivity contribution < 1.29 is 18.0 Å². The van der Waals surface area contributed by atoms with Gasteiger partial charge in [-0.3, -0.25) is 4.79 Å². The van der Waals surface area contributed by atoms with E-state index in [1.807, 2.05) is 12.1 Å². The lowest BCUT2D eigenvalue weighted by Gasteiger charge is -2.34. The van der Waals surface area contributed by atoms with Gasteiger partial charge in [-0.1, -0.05) is 12.1 Å². The van der Waals surface area contributed by atoms with E-state index in [4.69, 9.17) is 0 Å². The van der Waals surface area contributed by atoms with Crippen LogP contribution in [0.5, 0.6) is 0 Å². The van der Waals surface area contributed by atoms with Crippen LogP contribution < -0.4 is 0 Å². The molecule has 0 saturated carbocycles. The molecule has 1 unspecified atom stereocenters. The zero-order valence-electron chi connectivity index (χ0n) is 18.8. The highest BCUT2D eigenvalue weighted by Crippen LogP contribution is 2.36. The van der Waals surface area contributed by atoms with Crippen LogP contribution in [0.1, 0.15) is 46.2 Å². The summed E-state index contributed by atoms with van der Waals surface area (Å²) in [5.41, 5.74) is 2.61. The van der Waals surface area contributed by atoms with Crippen LogP contribution in [0.25, 0.3) is 0 Å². The molecule has 2 aromatic carbocycles. The molecule has 0 N–H and O–H groups in total. The van der Waals surface area contributed by atoms with Crippen LogP contribution in [-0.2, 0) is 0 Å². The van der Waals surface area contributed by atoms with E-state index < -0.39 is 11.6 Å². The molecular weight excluding hydrogens is 457 g/mol. The van der Waals surface area contributed by atoms with Crippen LogP contribution in [0.4, 0.5) is 13.2 Å². The van der Waals surface area contributed by atoms with Crippen LogP contribution in [0.2, 0.25) is 0 Å². The van der Waals surface area contributed by atoms with Crippen LogP contribution >= 0.6 is 11.3 Å². The van der Waals surface area contributed by atoms with E-state index in [1.165, 1.54) is 29.3 Å². The highest BCUT2D eigenvalue weighted by atomic mass is 32.1. The molecule has 7 heteroatoms. The smallest absolute Gasteiger partial charge is 0.253 e. The Morgan fingerprint density at radius 1 is 0.912 bits per heavy atom. The summed E-state index contributed by atoms with van der Waals surface area (Å²) in [5.74, 6) is -1.47. The van der Waals surface area contributed by atoms with Crippen LogP contribution in [0.15, 0.2) is 59.3 Å². The largest absolute Gasteiger partial charge is 0.338 e. The highest BCUT2D eigenvalue weighted by Gasteiger charge is 2.38. The Kier molecular flexibility index (Phi) is 6.75. The molecule has 2 atom stereocenters. The number of thiophene rings is 1. The molecule has 178 valence electrons. The maximum absolute atomic E-state index is 13.7. The average Bonchev–Trinajstić information content (AvgIpc) is 3.52. The number of piperidine rings is 1. The first kappa shape index (κ1) is 23.1. The third-order valence-corrected chi connectivity index (χ3v) is 7.99. The van der Waals surface area contributed by atoms with E-state index in [-0.39, 0.29) is 29.1 Å². The van der Waals surface area contributed by atoms with Gasteiger partial charge in [-0.25, -0.2) is 13.2 Å². The lowest BCUT2D eigenvalue weighted by atomic mass is 9.87. The number of hydrogen-bond acceptors (Lipinski definition) is 3. The van der Waals surface area contributed by atoms with E-state index in [0.717, 1.165) is 44.6 Å². The number of benzene rings is 2. The predicted octanol–water partition coefficient (Wildman–Crippen LogP) is 5.90. The standard InChI is InChI=1S/C27H27F3N2OS/c28-23-4-1-18(2-5-23)19-7-10-31(11-8-19)14-22-15-32(16-24(22)21-9-12-34-17-21)27(33)20-3-6-25(29)26(30)13-20/h1-6,9,12-13,17,19,22,24H,7-8,10-11,14-16H2/t22?,24-/m0/s1. The molecule has 3 heterocycles. The van der Waals surface area contributed by atoms with Gasteiger partial charge in [0.1, 0.15) is 5.82 Å². The zero-order valence-corrected chi connectivity index (χ0v) is 19.6. The summed E-state index contributed by atoms with van der Waals surface area (Å²) in [4.78, 5) is 17.3. The molecule has 0 bridgehead atoms. The Morgan fingerprint density at radius 3 is 2.35 bits per heavy atom. The number of hydrogen-bond donors (Lipinski definition) is 0. The SMILES string of the molecule is O=C(c1ccc(F)c(F)c1)N1CC(CN2CCC(c3ccc(F)cc3)CC2)[C@H](c2ccsc2)C1. The van der Waals surface area contributed by atoms with E-state index in [1.54, 1.807) is 16.2 Å². The van der Waals surface area contributed by atoms with Gasteiger partial charge in [0.05, 0.1) is 0 Å². The zero-order chi connectivity index (χ0) is 23.7. The minimum Gasteiger partial charge on any atom is -0.338 e. The fraction of sp³-hybridized carbons (Fsp3) is 0.370. The van der Waals surface area contributed by atoms with Crippen molar-refractivity contribution in [3.8, 4) is 0 Å². The minimum atomic E-state index is -1.000. The summed E-state index contributed by atoms with van der Waals surface area (Å²) in [5, 5.41) is 4.20. The van der Waals surface area contributed by atoms with Gasteiger partial charge < -0.3 is 9.80 Å². The van der Waals surface area contributed by atoms with Crippen LogP contribution in [-0.4, -0.2) is 48.4 Å². The fourth-order valence-electron chi connectivity index (χ4n) is 5.41. The third-order valence-electron chi connectivity index (χ3n) is 7.29. The molecule has 1 aromatic heterocycles. The summed E-state index contributed by atoms with van der Waals surface area (Å²) >= 11 is 1.65. The Morgan fingerprint density at radius 2 is 1.68 bits per heavy atom. The van der Waals surface area contributed by atoms with Crippen molar-refractivity contribution in [2.24, 2.45) is 5.92 Å². The molecule has 2 aliphatic rings. The topological polar surface area (TPSA) is 23.6 Å². The van der Waals surface area contributed by atoms with Gasteiger partial charge >= 0.3 is 0 Å². The van der Waals surface area contributed by atoms with Crippen molar-refractivity contribution in [1.82, 2.24) is 9.80 Å². The van der Waals surface area contributed by atoms with E-state index in [9.17, 15) is 18.0 Å². The Balaban J connectivity index is 1.26. The van der Waals surface area contributed by atoms with Crippen molar-refractivity contribution >= 4 is 17.2 Å². The average molecular weight is 485 g/mol. The van der Waals surface area contributed by atoms with Crippen molar-refractivity contribution in [3.05, 3.63) is 93.4 Å². The number of nitrogens with zero attached hydrogens (tertiary/aromatic N) is 2. The molecule has 34 heavy (non-hydrogen) atoms. The molecule has 2 aliphatic heterocycles. The quantitative estimate of drug-likeness (QED) is 0.450. The number of carbonyl (C=O) groups excluding carboxylic acids is 1. The second-order valence-corrected chi connectivity index (χ2v) is 10.2. The van der Waals surface area contributed by atoms with Crippen molar-refractivity contribution in [1.29, 1.82) is 0 Å². The number of rotatable bonds is 5. The Labute approximate surface area is 201 Å². The maximum atomic E-state index is 13.7. The number of amides is 1. The van der Waals surface area contributed by atoms with Crippen molar-refractivity contribution in [3.63, 3.8) is 0 Å². The van der Waals surface area contributed by atoms with Crippen LogP contribution in [0, 0.1) is 23.4 Å². The minimum absolute atomic E-state index is 0.184. The second-order valence-electron chi connectivity index (χ2n) is 9.39. The van der Waals surface area contributed by atoms with Gasteiger partial charge in [-0.2, -0.15) is 11.3 Å². The molecule has 0 aliphatic carbocycles. The molecule has 2 saturated heterocycles. The Bertz CT molecular complexity index is 1130. The summed E-state index contributed by atoms with van der Waals surface area (Å²) < 4.78 is 40.3. The van der Waals surface area contributed by atoms with Crippen molar-refractivity contribution in [2.45, 2.75) is 24.7 Å². The number of likely N-dealkylation sites (tertiary alicyclic amines) is 2. The lowest BCUT2D eigenvalue weighted by Crippen LogP contribution is -2.38. The third kappa shape index (κ3) is 4.91. The lowest BCUT2D eigenvalue weighted by molar-refractivity contribution is 0.0780. The fourth-order valence-corrected chi connectivity index (χ4v) is 6.14. The summed E-state index contributed by atoms with van der Waals surface area (Å²) in [7, 11) is 0. The summed E-state index contributed by atoms with van der Waals surface area (Å²) in [6.07, 6.45) is 2.05. The van der Waals surface area contributed by atoms with E-state index in [2.05, 4.69) is 21.7 Å². The maximum Gasteiger partial charge on any atom is 0.253 e. The molecular formula is C27H27F3N2OS. The van der Waals surface area contributed by atoms with Gasteiger partial charge in [-0.15, -0.1) is 0 Å². The molecule has 2 fully saturated rings. The van der Waals surface area contributed by atoms with Crippen molar-refractivity contribution in [2.75, 3.05) is 32.7 Å². The van der Waals surface area contributed by atoms with E-state index in [0.29, 0.717) is 19.0 Å².